The number of amides is 6. The normalized spacial score (nSPS) is 28.9. The molecule has 6 amide bonds. The Balaban J connectivity index is 1.53. The van der Waals surface area contributed by atoms with Gasteiger partial charge in [-0.2, -0.15) is 18.5 Å². The van der Waals surface area contributed by atoms with E-state index in [1.165, 1.54) is 12.2 Å². The lowest BCUT2D eigenvalue weighted by Gasteiger charge is -2.28. The Labute approximate surface area is 186 Å². The number of nitrogens with two attached hydrogens (primary N) is 2. The number of fused-ring (bicyclic) bond motifs is 4. The van der Waals surface area contributed by atoms with E-state index in [4.69, 9.17) is 20.0 Å². The number of carbonyl (C=O) groups is 4. The number of rotatable bonds is 8. The molecule has 4 unspecified atom stereocenters. The average molecular weight is 488 g/mol. The Kier molecular flexibility index (Phi) is 5.53. The first-order valence-electron chi connectivity index (χ1n) is 9.54. The minimum atomic E-state index is -5.07. The highest BCUT2D eigenvalue weighted by molar-refractivity contribution is 7.81. The fraction of sp³-hybridized carbons (Fsp3) is 0.500. The van der Waals surface area contributed by atoms with E-state index >= 15 is 0 Å². The summed E-state index contributed by atoms with van der Waals surface area (Å²) in [5, 5.41) is 19.8. The van der Waals surface area contributed by atoms with E-state index in [9.17, 15) is 37.8 Å². The fourth-order valence-corrected chi connectivity index (χ4v) is 5.10. The molecule has 4 bridgehead atoms. The van der Waals surface area contributed by atoms with Crippen LogP contribution in [0.2, 0.25) is 0 Å². The molecule has 4 aliphatic rings. The molecule has 0 radical (unpaired) electrons. The summed E-state index contributed by atoms with van der Waals surface area (Å²) in [7, 11) is -5.07. The molecule has 0 aliphatic carbocycles. The van der Waals surface area contributed by atoms with Gasteiger partial charge in [0.25, 0.3) is 0 Å². The number of urea groups is 2. The van der Waals surface area contributed by atoms with Gasteiger partial charge in [0.2, 0.25) is 11.8 Å². The van der Waals surface area contributed by atoms with Crippen LogP contribution < -0.4 is 11.5 Å². The van der Waals surface area contributed by atoms with Crippen molar-refractivity contribution in [2.75, 3.05) is 26.3 Å². The molecule has 17 heteroatoms. The number of hydrogen-bond donors (Lipinski definition) is 4. The molecule has 33 heavy (non-hydrogen) atoms. The first-order valence-corrected chi connectivity index (χ1v) is 10.9. The van der Waals surface area contributed by atoms with Gasteiger partial charge < -0.3 is 31.5 Å². The molecule has 0 spiro atoms. The first-order chi connectivity index (χ1) is 15.5. The Hall–Kier alpha value is -3.25. The summed E-state index contributed by atoms with van der Waals surface area (Å²) in [5.74, 6) is -1.86. The van der Waals surface area contributed by atoms with Gasteiger partial charge in [-0.05, 0) is 11.1 Å². The Morgan fingerprint density at radius 2 is 1.24 bits per heavy atom. The molecule has 4 rings (SSSR count). The van der Waals surface area contributed by atoms with E-state index in [0.29, 0.717) is 10.1 Å². The molecule has 0 aromatic rings. The van der Waals surface area contributed by atoms with Gasteiger partial charge >= 0.3 is 22.5 Å². The van der Waals surface area contributed by atoms with E-state index in [0.717, 1.165) is 9.80 Å². The van der Waals surface area contributed by atoms with Crippen molar-refractivity contribution in [2.24, 2.45) is 11.5 Å². The van der Waals surface area contributed by atoms with E-state index in [2.05, 4.69) is 0 Å². The van der Waals surface area contributed by atoms with Crippen molar-refractivity contribution in [3.05, 3.63) is 23.3 Å². The monoisotopic (exact) mass is 488 g/mol. The quantitative estimate of drug-likeness (QED) is 0.241. The van der Waals surface area contributed by atoms with Crippen molar-refractivity contribution >= 4 is 34.3 Å². The van der Waals surface area contributed by atoms with Crippen LogP contribution >= 0.6 is 0 Å². The molecule has 0 saturated carbocycles. The summed E-state index contributed by atoms with van der Waals surface area (Å²) < 4.78 is 34.6. The lowest BCUT2D eigenvalue weighted by Crippen LogP contribution is -2.49. The minimum Gasteiger partial charge on any atom is -0.392 e. The standard InChI is InChI=1S/C16H20N6O10S/c17-13(25)11-7(5-23)1-9-3-19(11)15(27)21(9)31-33(29,30)32-22-10-2-8(6-24)12(14(18)26)20(4-10)16(22)28/h1-2,9-12,23-24H,3-6H2,(H2,17,25)(H2,18,26). The maximum Gasteiger partial charge on any atom is 0.442 e. The molecular weight excluding hydrogens is 468 g/mol. The highest BCUT2D eigenvalue weighted by Gasteiger charge is 2.52. The topological polar surface area (TPSA) is 226 Å². The van der Waals surface area contributed by atoms with Gasteiger partial charge in [0.15, 0.2) is 0 Å². The Morgan fingerprint density at radius 3 is 1.55 bits per heavy atom. The number of hydroxylamine groups is 4. The third kappa shape index (κ3) is 3.68. The van der Waals surface area contributed by atoms with Crippen molar-refractivity contribution in [3.8, 4) is 0 Å². The number of carbonyl (C=O) groups excluding carboxylic acids is 4. The van der Waals surface area contributed by atoms with E-state index in [1.807, 2.05) is 0 Å². The largest absolute Gasteiger partial charge is 0.442 e. The predicted molar refractivity (Wildman–Crippen MR) is 103 cm³/mol. The number of hydrogen-bond acceptors (Lipinski definition) is 10. The molecule has 4 atom stereocenters. The zero-order chi connectivity index (χ0) is 24.2. The van der Waals surface area contributed by atoms with Crippen LogP contribution in [-0.4, -0.2) is 113 Å². The van der Waals surface area contributed by atoms with E-state index in [-0.39, 0.29) is 24.2 Å². The SMILES string of the molecule is NC(=O)C1C(CO)=CC2CN1C(=O)N2OS(=O)(=O)ON1C(=O)N2CC1C=C(CO)C2C(N)=O. The predicted octanol–water partition coefficient (Wildman–Crippen LogP) is -4.12. The Bertz CT molecular complexity index is 1010. The molecule has 16 nitrogen and oxygen atoms in total. The summed E-state index contributed by atoms with van der Waals surface area (Å²) in [5.41, 5.74) is 10.8. The second kappa shape index (κ2) is 7.96. The van der Waals surface area contributed by atoms with Crippen LogP contribution in [0, 0.1) is 0 Å². The molecule has 6 N–H and O–H groups in total. The van der Waals surface area contributed by atoms with Crippen LogP contribution in [0.3, 0.4) is 0 Å². The molecule has 4 heterocycles. The first kappa shape index (κ1) is 22.9. The molecule has 180 valence electrons. The maximum atomic E-state index is 12.6. The van der Waals surface area contributed by atoms with Crippen molar-refractivity contribution in [2.45, 2.75) is 24.2 Å². The van der Waals surface area contributed by atoms with Crippen LogP contribution in [0.4, 0.5) is 9.59 Å². The van der Waals surface area contributed by atoms with Gasteiger partial charge in [0, 0.05) is 0 Å². The molecular formula is C16H20N6O10S. The second-order valence-corrected chi connectivity index (χ2v) is 8.74. The van der Waals surface area contributed by atoms with Crippen molar-refractivity contribution in [3.63, 3.8) is 0 Å². The zero-order valence-electron chi connectivity index (χ0n) is 16.8. The highest BCUT2D eigenvalue weighted by atomic mass is 32.3. The second-order valence-electron chi connectivity index (χ2n) is 7.62. The van der Waals surface area contributed by atoms with Crippen LogP contribution in [-0.2, 0) is 28.6 Å². The summed E-state index contributed by atoms with van der Waals surface area (Å²) in [4.78, 5) is 50.6. The Morgan fingerprint density at radius 1 is 0.879 bits per heavy atom. The van der Waals surface area contributed by atoms with Crippen LogP contribution in [0.15, 0.2) is 23.3 Å². The molecule has 2 saturated heterocycles. The van der Waals surface area contributed by atoms with Gasteiger partial charge in [-0.1, -0.05) is 12.2 Å². The third-order valence-electron chi connectivity index (χ3n) is 5.62. The summed E-state index contributed by atoms with van der Waals surface area (Å²) in [6, 6.07) is -6.60. The molecule has 0 aromatic heterocycles. The van der Waals surface area contributed by atoms with Gasteiger partial charge in [-0.25, -0.2) is 9.59 Å². The summed E-state index contributed by atoms with van der Waals surface area (Å²) >= 11 is 0. The molecule has 0 aromatic carbocycles. The third-order valence-corrected chi connectivity index (χ3v) is 6.31. The van der Waals surface area contributed by atoms with Crippen LogP contribution in [0.1, 0.15) is 0 Å². The smallest absolute Gasteiger partial charge is 0.392 e. The van der Waals surface area contributed by atoms with Crippen molar-refractivity contribution in [1.29, 1.82) is 0 Å². The molecule has 4 aliphatic heterocycles. The van der Waals surface area contributed by atoms with Gasteiger partial charge in [0.05, 0.1) is 38.4 Å². The van der Waals surface area contributed by atoms with E-state index < -0.39 is 71.7 Å². The highest BCUT2D eigenvalue weighted by Crippen LogP contribution is 2.33. The van der Waals surface area contributed by atoms with Crippen molar-refractivity contribution in [1.82, 2.24) is 19.9 Å². The zero-order valence-corrected chi connectivity index (χ0v) is 17.6. The number of aliphatic hydroxyl groups is 2. The summed E-state index contributed by atoms with van der Waals surface area (Å²) in [6.07, 6.45) is 2.56. The summed E-state index contributed by atoms with van der Waals surface area (Å²) in [6.45, 7) is -1.50. The van der Waals surface area contributed by atoms with Crippen LogP contribution in [0.5, 0.6) is 0 Å². The average Bonchev–Trinajstić information content (AvgIpc) is 3.12. The molecule has 2 fully saturated rings. The van der Waals surface area contributed by atoms with E-state index in [1.54, 1.807) is 0 Å². The lowest BCUT2D eigenvalue weighted by atomic mass is 9.99. The number of nitrogens with zero attached hydrogens (tertiary/aromatic N) is 4. The van der Waals surface area contributed by atoms with Crippen LogP contribution in [0.25, 0.3) is 0 Å². The fourth-order valence-electron chi connectivity index (χ4n) is 4.33. The number of primary amides is 2. The van der Waals surface area contributed by atoms with Gasteiger partial charge in [-0.15, -0.1) is 8.57 Å². The van der Waals surface area contributed by atoms with Gasteiger partial charge in [0.1, 0.15) is 12.1 Å². The van der Waals surface area contributed by atoms with Gasteiger partial charge in [-0.3, -0.25) is 9.59 Å². The lowest BCUT2D eigenvalue weighted by molar-refractivity contribution is -0.122. The minimum absolute atomic E-state index is 0.0898. The van der Waals surface area contributed by atoms with Crippen molar-refractivity contribution < 1.29 is 46.4 Å². The number of aliphatic hydroxyl groups excluding tert-OH is 2. The maximum absolute atomic E-state index is 12.6.